The van der Waals surface area contributed by atoms with Crippen molar-refractivity contribution in [1.29, 1.82) is 0 Å². The van der Waals surface area contributed by atoms with E-state index in [0.29, 0.717) is 17.7 Å². The fraction of sp³-hybridized carbons (Fsp3) is 0.250. The molecule has 2 N–H and O–H groups in total. The summed E-state index contributed by atoms with van der Waals surface area (Å²) in [6, 6.07) is 11.6. The molecular formula is C16H16F3NO. The van der Waals surface area contributed by atoms with Crippen molar-refractivity contribution in [2.45, 2.75) is 25.6 Å². The number of benzene rings is 2. The van der Waals surface area contributed by atoms with E-state index in [1.165, 1.54) is 6.07 Å². The molecule has 0 aromatic heterocycles. The lowest BCUT2D eigenvalue weighted by Gasteiger charge is -2.20. The highest BCUT2D eigenvalue weighted by Gasteiger charge is 2.30. The van der Waals surface area contributed by atoms with Crippen LogP contribution in [0.5, 0.6) is 5.75 Å². The molecule has 0 radical (unpaired) electrons. The van der Waals surface area contributed by atoms with Crippen LogP contribution in [0, 0.1) is 0 Å². The van der Waals surface area contributed by atoms with E-state index >= 15 is 0 Å². The van der Waals surface area contributed by atoms with E-state index in [4.69, 9.17) is 0 Å². The van der Waals surface area contributed by atoms with Crippen LogP contribution in [-0.4, -0.2) is 5.11 Å². The summed E-state index contributed by atoms with van der Waals surface area (Å²) in [6.07, 6.45) is -3.73. The molecule has 2 rings (SSSR count). The van der Waals surface area contributed by atoms with Gasteiger partial charge in [0.05, 0.1) is 11.6 Å². The third-order valence-corrected chi connectivity index (χ3v) is 3.25. The molecule has 0 spiro atoms. The Morgan fingerprint density at radius 1 is 1.10 bits per heavy atom. The molecule has 0 bridgehead atoms. The maximum atomic E-state index is 12.7. The Balaban J connectivity index is 2.26. The number of phenolic OH excluding ortho intramolecular Hbond substituents is 1. The van der Waals surface area contributed by atoms with E-state index in [2.05, 4.69) is 5.32 Å². The van der Waals surface area contributed by atoms with Crippen LogP contribution >= 0.6 is 0 Å². The fourth-order valence-corrected chi connectivity index (χ4v) is 2.17. The molecule has 0 aliphatic carbocycles. The second-order valence-electron chi connectivity index (χ2n) is 4.74. The number of anilines is 1. The summed E-state index contributed by atoms with van der Waals surface area (Å²) in [5, 5.41) is 12.9. The van der Waals surface area contributed by atoms with E-state index < -0.39 is 11.7 Å². The van der Waals surface area contributed by atoms with Crippen LogP contribution in [0.3, 0.4) is 0 Å². The molecule has 0 fully saturated rings. The van der Waals surface area contributed by atoms with E-state index in [9.17, 15) is 18.3 Å². The number of rotatable bonds is 4. The van der Waals surface area contributed by atoms with Crippen molar-refractivity contribution >= 4 is 5.69 Å². The van der Waals surface area contributed by atoms with Crippen molar-refractivity contribution in [1.82, 2.24) is 0 Å². The first-order chi connectivity index (χ1) is 9.91. The zero-order valence-electron chi connectivity index (χ0n) is 11.5. The summed E-state index contributed by atoms with van der Waals surface area (Å²) in [5.74, 6) is 0.129. The number of para-hydroxylation sites is 1. The Hall–Kier alpha value is -2.17. The molecule has 0 amide bonds. The molecule has 2 aromatic rings. The van der Waals surface area contributed by atoms with Crippen LogP contribution < -0.4 is 5.32 Å². The first kappa shape index (κ1) is 15.2. The quantitative estimate of drug-likeness (QED) is 0.834. The highest BCUT2D eigenvalue weighted by molar-refractivity contribution is 5.50. The van der Waals surface area contributed by atoms with E-state index in [-0.39, 0.29) is 11.8 Å². The van der Waals surface area contributed by atoms with Gasteiger partial charge in [0.1, 0.15) is 5.75 Å². The number of hydrogen-bond donors (Lipinski definition) is 2. The lowest BCUT2D eigenvalue weighted by atomic mass is 10.0. The van der Waals surface area contributed by atoms with Crippen molar-refractivity contribution in [3.05, 3.63) is 59.7 Å². The molecule has 0 saturated carbocycles. The van der Waals surface area contributed by atoms with Gasteiger partial charge in [-0.05, 0) is 30.7 Å². The summed E-state index contributed by atoms with van der Waals surface area (Å²) in [5.41, 5.74) is 0.344. The molecule has 0 saturated heterocycles. The average molecular weight is 295 g/mol. The normalized spacial score (nSPS) is 13.0. The summed E-state index contributed by atoms with van der Waals surface area (Å²) in [4.78, 5) is 0. The van der Waals surface area contributed by atoms with Crippen LogP contribution in [0.25, 0.3) is 0 Å². The number of aromatic hydroxyl groups is 1. The summed E-state index contributed by atoms with van der Waals surface area (Å²) >= 11 is 0. The first-order valence-corrected chi connectivity index (χ1v) is 6.63. The number of phenols is 1. The molecule has 2 aromatic carbocycles. The van der Waals surface area contributed by atoms with Crippen molar-refractivity contribution in [2.75, 3.05) is 5.32 Å². The first-order valence-electron chi connectivity index (χ1n) is 6.63. The number of hydrogen-bond acceptors (Lipinski definition) is 2. The van der Waals surface area contributed by atoms with Gasteiger partial charge in [0.2, 0.25) is 0 Å². The van der Waals surface area contributed by atoms with Gasteiger partial charge in [0.15, 0.2) is 0 Å². The molecule has 1 unspecified atom stereocenters. The molecule has 0 aliphatic rings. The predicted octanol–water partition coefficient (Wildman–Crippen LogP) is 4.97. The second kappa shape index (κ2) is 6.08. The Morgan fingerprint density at radius 3 is 2.43 bits per heavy atom. The Kier molecular flexibility index (Phi) is 4.40. The monoisotopic (exact) mass is 295 g/mol. The van der Waals surface area contributed by atoms with E-state index in [1.807, 2.05) is 6.92 Å². The van der Waals surface area contributed by atoms with Crippen LogP contribution in [0.4, 0.5) is 18.9 Å². The highest BCUT2D eigenvalue weighted by atomic mass is 19.4. The maximum Gasteiger partial charge on any atom is 0.416 e. The number of halogens is 3. The van der Waals surface area contributed by atoms with Crippen molar-refractivity contribution in [3.8, 4) is 5.75 Å². The molecular weight excluding hydrogens is 279 g/mol. The fourth-order valence-electron chi connectivity index (χ4n) is 2.17. The smallest absolute Gasteiger partial charge is 0.416 e. The Bertz CT molecular complexity index is 610. The van der Waals surface area contributed by atoms with Gasteiger partial charge in [-0.15, -0.1) is 0 Å². The van der Waals surface area contributed by atoms with E-state index in [0.717, 1.165) is 12.1 Å². The third kappa shape index (κ3) is 3.68. The van der Waals surface area contributed by atoms with Crippen molar-refractivity contribution < 1.29 is 18.3 Å². The van der Waals surface area contributed by atoms with Gasteiger partial charge < -0.3 is 10.4 Å². The van der Waals surface area contributed by atoms with Gasteiger partial charge in [0.25, 0.3) is 0 Å². The van der Waals surface area contributed by atoms with Crippen molar-refractivity contribution in [3.63, 3.8) is 0 Å². The molecule has 0 aliphatic heterocycles. The molecule has 21 heavy (non-hydrogen) atoms. The van der Waals surface area contributed by atoms with Crippen LogP contribution in [0.15, 0.2) is 48.5 Å². The minimum atomic E-state index is -4.37. The Labute approximate surface area is 121 Å². The van der Waals surface area contributed by atoms with Crippen molar-refractivity contribution in [2.24, 2.45) is 0 Å². The summed E-state index contributed by atoms with van der Waals surface area (Å²) in [6.45, 7) is 1.90. The Morgan fingerprint density at radius 2 is 1.81 bits per heavy atom. The highest BCUT2D eigenvalue weighted by Crippen LogP contribution is 2.33. The summed E-state index contributed by atoms with van der Waals surface area (Å²) < 4.78 is 38.1. The number of alkyl halides is 3. The summed E-state index contributed by atoms with van der Waals surface area (Å²) in [7, 11) is 0. The molecule has 1 atom stereocenters. The van der Waals surface area contributed by atoms with Gasteiger partial charge in [-0.1, -0.05) is 31.2 Å². The topological polar surface area (TPSA) is 32.3 Å². The molecule has 112 valence electrons. The van der Waals surface area contributed by atoms with Gasteiger partial charge in [0, 0.05) is 11.3 Å². The van der Waals surface area contributed by atoms with Gasteiger partial charge in [-0.3, -0.25) is 0 Å². The van der Waals surface area contributed by atoms with Crippen LogP contribution in [0.2, 0.25) is 0 Å². The minimum absolute atomic E-state index is 0.129. The molecule has 2 nitrogen and oxygen atoms in total. The van der Waals surface area contributed by atoms with Gasteiger partial charge in [-0.25, -0.2) is 0 Å². The standard InChI is InChI=1S/C16H16F3NO/c1-2-14(13-8-3-4-9-15(13)21)20-12-7-5-6-11(10-12)16(17,18)19/h3-10,14,20-21H,2H2,1H3. The maximum absolute atomic E-state index is 12.7. The third-order valence-electron chi connectivity index (χ3n) is 3.25. The molecule has 0 heterocycles. The zero-order chi connectivity index (χ0) is 15.5. The lowest BCUT2D eigenvalue weighted by molar-refractivity contribution is -0.137. The van der Waals surface area contributed by atoms with Crippen LogP contribution in [0.1, 0.15) is 30.5 Å². The SMILES string of the molecule is CCC(Nc1cccc(C(F)(F)F)c1)c1ccccc1O. The number of nitrogens with one attached hydrogen (secondary N) is 1. The predicted molar refractivity (Wildman–Crippen MR) is 76.2 cm³/mol. The van der Waals surface area contributed by atoms with Gasteiger partial charge in [-0.2, -0.15) is 13.2 Å². The van der Waals surface area contributed by atoms with Crippen LogP contribution in [-0.2, 0) is 6.18 Å². The second-order valence-corrected chi connectivity index (χ2v) is 4.74. The average Bonchev–Trinajstić information content (AvgIpc) is 2.45. The largest absolute Gasteiger partial charge is 0.508 e. The van der Waals surface area contributed by atoms with E-state index in [1.54, 1.807) is 30.3 Å². The molecule has 5 heteroatoms. The van der Waals surface area contributed by atoms with Gasteiger partial charge >= 0.3 is 6.18 Å². The zero-order valence-corrected chi connectivity index (χ0v) is 11.5. The minimum Gasteiger partial charge on any atom is -0.508 e. The lowest BCUT2D eigenvalue weighted by Crippen LogP contribution is -2.11.